The van der Waals surface area contributed by atoms with Crippen LogP contribution in [0.4, 0.5) is 11.4 Å². The van der Waals surface area contributed by atoms with Crippen molar-refractivity contribution in [1.29, 1.82) is 0 Å². The van der Waals surface area contributed by atoms with Gasteiger partial charge >= 0.3 is 0 Å². The minimum Gasteiger partial charge on any atom is -0.378 e. The van der Waals surface area contributed by atoms with E-state index in [0.717, 1.165) is 11.4 Å². The minimum absolute atomic E-state index is 0.249. The lowest BCUT2D eigenvalue weighted by atomic mass is 10.1. The normalized spacial score (nSPS) is 12.3. The molecule has 0 bridgehead atoms. The number of nitrogens with one attached hydrogen (secondary N) is 1. The Balaban J connectivity index is 2.10. The van der Waals surface area contributed by atoms with Gasteiger partial charge in [0.25, 0.3) is 0 Å². The van der Waals surface area contributed by atoms with Gasteiger partial charge in [0.05, 0.1) is 11.7 Å². The number of hydrogen-bond acceptors (Lipinski definition) is 3. The monoisotopic (exact) mass is 258 g/mol. The first-order valence-corrected chi connectivity index (χ1v) is 6.51. The maximum absolute atomic E-state index is 4.38. The van der Waals surface area contributed by atoms with Gasteiger partial charge in [0, 0.05) is 44.3 Å². The second-order valence-corrected chi connectivity index (χ2v) is 5.15. The van der Waals surface area contributed by atoms with E-state index in [2.05, 4.69) is 52.7 Å². The smallest absolute Gasteiger partial charge is 0.0646 e. The van der Waals surface area contributed by atoms with Gasteiger partial charge < -0.3 is 10.2 Å². The molecule has 102 valence electrons. The Hall–Kier alpha value is -1.97. The van der Waals surface area contributed by atoms with Gasteiger partial charge in [-0.15, -0.1) is 0 Å². The molecule has 0 radical (unpaired) electrons. The Bertz CT molecular complexity index is 540. The van der Waals surface area contributed by atoms with Gasteiger partial charge in [-0.05, 0) is 38.1 Å². The molecule has 0 amide bonds. The molecule has 4 nitrogen and oxygen atoms in total. The van der Waals surface area contributed by atoms with Crippen molar-refractivity contribution in [1.82, 2.24) is 9.78 Å². The predicted octanol–water partition coefficient (Wildman–Crippen LogP) is 2.97. The number of nitrogens with zero attached hydrogens (tertiary/aromatic N) is 3. The van der Waals surface area contributed by atoms with Crippen LogP contribution in [0.1, 0.15) is 24.2 Å². The fourth-order valence-corrected chi connectivity index (χ4v) is 2.23. The maximum atomic E-state index is 4.38. The third-order valence-electron chi connectivity index (χ3n) is 3.28. The molecule has 0 saturated carbocycles. The predicted molar refractivity (Wildman–Crippen MR) is 80.8 cm³/mol. The first kappa shape index (κ1) is 13.5. The zero-order valence-electron chi connectivity index (χ0n) is 12.3. The average Bonchev–Trinajstić information content (AvgIpc) is 2.69. The van der Waals surface area contributed by atoms with Crippen LogP contribution in [0.5, 0.6) is 0 Å². The summed E-state index contributed by atoms with van der Waals surface area (Å²) >= 11 is 0. The van der Waals surface area contributed by atoms with E-state index in [-0.39, 0.29) is 6.04 Å². The summed E-state index contributed by atoms with van der Waals surface area (Å²) in [7, 11) is 6.04. The van der Waals surface area contributed by atoms with Crippen LogP contribution in [0, 0.1) is 6.92 Å². The number of anilines is 2. The van der Waals surface area contributed by atoms with Crippen LogP contribution in [0.15, 0.2) is 30.5 Å². The van der Waals surface area contributed by atoms with Crippen LogP contribution >= 0.6 is 0 Å². The van der Waals surface area contributed by atoms with Gasteiger partial charge in [-0.1, -0.05) is 0 Å². The van der Waals surface area contributed by atoms with E-state index >= 15 is 0 Å². The van der Waals surface area contributed by atoms with Gasteiger partial charge in [-0.3, -0.25) is 4.68 Å². The molecule has 1 aromatic carbocycles. The molecule has 19 heavy (non-hydrogen) atoms. The highest BCUT2D eigenvalue weighted by Gasteiger charge is 2.11. The third kappa shape index (κ3) is 3.08. The fourth-order valence-electron chi connectivity index (χ4n) is 2.23. The van der Waals surface area contributed by atoms with Crippen LogP contribution in [-0.4, -0.2) is 23.9 Å². The SMILES string of the molecule is Cc1nn(C)cc1C(C)Nc1ccc(N(C)C)cc1. The molecule has 0 aliphatic heterocycles. The number of aromatic nitrogens is 2. The van der Waals surface area contributed by atoms with Crippen LogP contribution in [0.3, 0.4) is 0 Å². The van der Waals surface area contributed by atoms with Crippen LogP contribution in [-0.2, 0) is 7.05 Å². The summed E-state index contributed by atoms with van der Waals surface area (Å²) in [6.07, 6.45) is 2.07. The van der Waals surface area contributed by atoms with E-state index in [4.69, 9.17) is 0 Å². The van der Waals surface area contributed by atoms with Gasteiger partial charge in [0.15, 0.2) is 0 Å². The van der Waals surface area contributed by atoms with Crippen LogP contribution < -0.4 is 10.2 Å². The Morgan fingerprint density at radius 3 is 2.32 bits per heavy atom. The molecule has 0 aliphatic carbocycles. The van der Waals surface area contributed by atoms with Crippen molar-refractivity contribution >= 4 is 11.4 Å². The lowest BCUT2D eigenvalue weighted by molar-refractivity contribution is 0.756. The number of hydrogen-bond donors (Lipinski definition) is 1. The highest BCUT2D eigenvalue weighted by molar-refractivity contribution is 5.55. The van der Waals surface area contributed by atoms with Crippen molar-refractivity contribution in [3.05, 3.63) is 41.7 Å². The molecule has 0 aliphatic rings. The Morgan fingerprint density at radius 2 is 1.84 bits per heavy atom. The van der Waals surface area contributed by atoms with Crippen molar-refractivity contribution in [3.63, 3.8) is 0 Å². The molecule has 1 N–H and O–H groups in total. The molecule has 0 spiro atoms. The fraction of sp³-hybridized carbons (Fsp3) is 0.400. The van der Waals surface area contributed by atoms with E-state index in [1.54, 1.807) is 0 Å². The Labute approximate surface area is 115 Å². The van der Waals surface area contributed by atoms with Gasteiger partial charge in [0.1, 0.15) is 0 Å². The summed E-state index contributed by atoms with van der Waals surface area (Å²) in [6, 6.07) is 8.70. The second kappa shape index (κ2) is 5.34. The molecule has 4 heteroatoms. The van der Waals surface area contributed by atoms with E-state index in [1.165, 1.54) is 11.3 Å². The lowest BCUT2D eigenvalue weighted by Gasteiger charge is -2.17. The molecule has 2 aromatic rings. The van der Waals surface area contributed by atoms with Crippen LogP contribution in [0.2, 0.25) is 0 Å². The first-order chi connectivity index (χ1) is 8.97. The third-order valence-corrected chi connectivity index (χ3v) is 3.28. The molecule has 2 rings (SSSR count). The van der Waals surface area contributed by atoms with E-state index in [9.17, 15) is 0 Å². The van der Waals surface area contributed by atoms with Crippen molar-refractivity contribution in [2.45, 2.75) is 19.9 Å². The highest BCUT2D eigenvalue weighted by Crippen LogP contribution is 2.23. The first-order valence-electron chi connectivity index (χ1n) is 6.51. The standard InChI is InChI=1S/C15H22N4/c1-11(15-10-19(5)17-12(15)2)16-13-6-8-14(9-7-13)18(3)4/h6-11,16H,1-5H3. The van der Waals surface area contributed by atoms with Gasteiger partial charge in [0.2, 0.25) is 0 Å². The zero-order valence-corrected chi connectivity index (χ0v) is 12.3. The molecule has 1 unspecified atom stereocenters. The number of rotatable bonds is 4. The average molecular weight is 258 g/mol. The summed E-state index contributed by atoms with van der Waals surface area (Å²) in [5.74, 6) is 0. The second-order valence-electron chi connectivity index (χ2n) is 5.15. The molecule has 0 saturated heterocycles. The Kier molecular flexibility index (Phi) is 3.79. The lowest BCUT2D eigenvalue weighted by Crippen LogP contribution is -2.09. The highest BCUT2D eigenvalue weighted by atomic mass is 15.3. The summed E-state index contributed by atoms with van der Waals surface area (Å²) in [4.78, 5) is 2.10. The van der Waals surface area contributed by atoms with Crippen molar-refractivity contribution in [2.75, 3.05) is 24.3 Å². The molecule has 1 heterocycles. The summed E-state index contributed by atoms with van der Waals surface area (Å²) < 4.78 is 1.86. The zero-order chi connectivity index (χ0) is 14.0. The van der Waals surface area contributed by atoms with Gasteiger partial charge in [-0.25, -0.2) is 0 Å². The quantitative estimate of drug-likeness (QED) is 0.915. The van der Waals surface area contributed by atoms with E-state index in [0.29, 0.717) is 0 Å². The molecule has 0 fully saturated rings. The van der Waals surface area contributed by atoms with Crippen molar-refractivity contribution < 1.29 is 0 Å². The Morgan fingerprint density at radius 1 is 1.21 bits per heavy atom. The maximum Gasteiger partial charge on any atom is 0.0646 e. The molecule has 1 atom stereocenters. The largest absolute Gasteiger partial charge is 0.378 e. The van der Waals surface area contributed by atoms with E-state index < -0.39 is 0 Å². The molecular weight excluding hydrogens is 236 g/mol. The molecule has 1 aromatic heterocycles. The summed E-state index contributed by atoms with van der Waals surface area (Å²) in [5, 5.41) is 7.89. The summed E-state index contributed by atoms with van der Waals surface area (Å²) in [5.41, 5.74) is 4.64. The minimum atomic E-state index is 0.249. The number of benzene rings is 1. The van der Waals surface area contributed by atoms with Crippen LogP contribution in [0.25, 0.3) is 0 Å². The number of aryl methyl sites for hydroxylation is 2. The summed E-state index contributed by atoms with van der Waals surface area (Å²) in [6.45, 7) is 4.20. The molecular formula is C15H22N4. The topological polar surface area (TPSA) is 33.1 Å². The van der Waals surface area contributed by atoms with E-state index in [1.807, 2.05) is 32.7 Å². The van der Waals surface area contributed by atoms with Crippen molar-refractivity contribution in [3.8, 4) is 0 Å². The van der Waals surface area contributed by atoms with Crippen molar-refractivity contribution in [2.24, 2.45) is 7.05 Å². The van der Waals surface area contributed by atoms with Gasteiger partial charge in [-0.2, -0.15) is 5.10 Å².